The molecule has 5 nitrogen and oxygen atoms in total. The molecule has 2 heterocycles. The first-order valence-electron chi connectivity index (χ1n) is 11.3. The van der Waals surface area contributed by atoms with Gasteiger partial charge in [0.15, 0.2) is 0 Å². The van der Waals surface area contributed by atoms with E-state index in [9.17, 15) is 9.59 Å². The Balaban J connectivity index is 1.30. The maximum absolute atomic E-state index is 13.1. The molecule has 0 atom stereocenters. The van der Waals surface area contributed by atoms with Crippen molar-refractivity contribution in [3.63, 3.8) is 0 Å². The minimum absolute atomic E-state index is 0.107. The maximum atomic E-state index is 13.1. The van der Waals surface area contributed by atoms with Crippen molar-refractivity contribution in [1.82, 2.24) is 5.32 Å². The van der Waals surface area contributed by atoms with Gasteiger partial charge in [0.1, 0.15) is 10.6 Å². The van der Waals surface area contributed by atoms with Crippen molar-refractivity contribution >= 4 is 39.1 Å². The molecule has 1 aliphatic carbocycles. The Kier molecular flexibility index (Phi) is 6.01. The molecule has 0 fully saturated rings. The molecule has 2 N–H and O–H groups in total. The van der Waals surface area contributed by atoms with Crippen molar-refractivity contribution in [2.75, 3.05) is 11.9 Å². The summed E-state index contributed by atoms with van der Waals surface area (Å²) in [6, 6.07) is 16.1. The molecule has 0 aliphatic heterocycles. The Morgan fingerprint density at radius 2 is 1.94 bits per heavy atom. The highest BCUT2D eigenvalue weighted by Crippen LogP contribution is 2.39. The number of furan rings is 1. The Morgan fingerprint density at radius 3 is 2.79 bits per heavy atom. The van der Waals surface area contributed by atoms with Crippen molar-refractivity contribution < 1.29 is 14.0 Å². The van der Waals surface area contributed by atoms with Crippen molar-refractivity contribution in [2.45, 2.75) is 39.0 Å². The monoisotopic (exact) mass is 458 g/mol. The second kappa shape index (κ2) is 9.24. The van der Waals surface area contributed by atoms with Gasteiger partial charge in [0.25, 0.3) is 5.91 Å². The number of benzene rings is 2. The standard InChI is InChI=1S/C27H26N2O3S/c1-17-10-11-20-19(16-32-22(20)14-17)15-24(30)29-27-25(21-8-5-9-23(21)33-27)26(31)28-13-12-18-6-3-2-4-7-18/h2-4,6-7,10-11,14,16H,5,8-9,12-13,15H2,1H3,(H,28,31)(H,29,30). The molecule has 1 aliphatic rings. The van der Waals surface area contributed by atoms with E-state index >= 15 is 0 Å². The third-order valence-corrected chi connectivity index (χ3v) is 7.31. The van der Waals surface area contributed by atoms with Gasteiger partial charge in [0.2, 0.25) is 5.91 Å². The molecule has 5 rings (SSSR count). The summed E-state index contributed by atoms with van der Waals surface area (Å²) in [7, 11) is 0. The average molecular weight is 459 g/mol. The molecule has 6 heteroatoms. The van der Waals surface area contributed by atoms with Crippen LogP contribution in [0.1, 0.15) is 43.9 Å². The van der Waals surface area contributed by atoms with Crippen LogP contribution in [0.4, 0.5) is 5.00 Å². The largest absolute Gasteiger partial charge is 0.464 e. The number of hydrogen-bond acceptors (Lipinski definition) is 4. The van der Waals surface area contributed by atoms with Gasteiger partial charge >= 0.3 is 0 Å². The van der Waals surface area contributed by atoms with E-state index < -0.39 is 0 Å². The number of thiophene rings is 1. The summed E-state index contributed by atoms with van der Waals surface area (Å²) >= 11 is 1.54. The molecule has 2 aromatic heterocycles. The van der Waals surface area contributed by atoms with Crippen LogP contribution in [0.3, 0.4) is 0 Å². The SMILES string of the molecule is Cc1ccc2c(CC(=O)Nc3sc4c(c3C(=O)NCCc3ccccc3)CCC4)coc2c1. The van der Waals surface area contributed by atoms with Crippen LogP contribution in [-0.2, 0) is 30.5 Å². The number of anilines is 1. The lowest BCUT2D eigenvalue weighted by Crippen LogP contribution is -2.27. The summed E-state index contributed by atoms with van der Waals surface area (Å²) in [6.07, 6.45) is 5.53. The van der Waals surface area contributed by atoms with Gasteiger partial charge in [-0.05, 0) is 55.4 Å². The van der Waals surface area contributed by atoms with Gasteiger partial charge in [0, 0.05) is 22.4 Å². The first-order valence-corrected chi connectivity index (χ1v) is 12.1. The number of aryl methyl sites for hydroxylation is 2. The van der Waals surface area contributed by atoms with Crippen molar-refractivity contribution in [3.8, 4) is 0 Å². The molecule has 33 heavy (non-hydrogen) atoms. The number of nitrogens with one attached hydrogen (secondary N) is 2. The molecule has 0 saturated heterocycles. The molecule has 4 aromatic rings. The number of fused-ring (bicyclic) bond motifs is 2. The Hall–Kier alpha value is -3.38. The molecule has 0 radical (unpaired) electrons. The number of carbonyl (C=O) groups excluding carboxylic acids is 2. The van der Waals surface area contributed by atoms with Crippen LogP contribution in [0.15, 0.2) is 59.2 Å². The third kappa shape index (κ3) is 4.57. The predicted octanol–water partition coefficient (Wildman–Crippen LogP) is 5.45. The minimum Gasteiger partial charge on any atom is -0.464 e. The summed E-state index contributed by atoms with van der Waals surface area (Å²) in [5.41, 5.74) is 5.67. The van der Waals surface area contributed by atoms with Crippen LogP contribution in [0.2, 0.25) is 0 Å². The van der Waals surface area contributed by atoms with E-state index in [4.69, 9.17) is 4.42 Å². The molecule has 0 unspecified atom stereocenters. The van der Waals surface area contributed by atoms with Gasteiger partial charge in [-0.25, -0.2) is 0 Å². The Morgan fingerprint density at radius 1 is 1.09 bits per heavy atom. The zero-order valence-electron chi connectivity index (χ0n) is 18.6. The van der Waals surface area contributed by atoms with Crippen molar-refractivity contribution in [3.05, 3.63) is 87.5 Å². The average Bonchev–Trinajstić information content (AvgIpc) is 3.49. The van der Waals surface area contributed by atoms with Crippen LogP contribution >= 0.6 is 11.3 Å². The second-order valence-corrected chi connectivity index (χ2v) is 9.64. The lowest BCUT2D eigenvalue weighted by atomic mass is 10.1. The fourth-order valence-electron chi connectivity index (χ4n) is 4.46. The van der Waals surface area contributed by atoms with E-state index in [-0.39, 0.29) is 18.2 Å². The zero-order valence-corrected chi connectivity index (χ0v) is 19.4. The van der Waals surface area contributed by atoms with E-state index in [1.54, 1.807) is 6.26 Å². The van der Waals surface area contributed by atoms with Crippen LogP contribution in [0.25, 0.3) is 11.0 Å². The number of rotatable bonds is 7. The summed E-state index contributed by atoms with van der Waals surface area (Å²) in [5.74, 6) is -0.249. The highest BCUT2D eigenvalue weighted by Gasteiger charge is 2.27. The first-order chi connectivity index (χ1) is 16.1. The highest BCUT2D eigenvalue weighted by molar-refractivity contribution is 7.17. The topological polar surface area (TPSA) is 71.3 Å². The van der Waals surface area contributed by atoms with Gasteiger partial charge < -0.3 is 15.1 Å². The zero-order chi connectivity index (χ0) is 22.8. The first kappa shape index (κ1) is 21.5. The molecule has 2 amide bonds. The van der Waals surface area contributed by atoms with E-state index in [0.717, 1.165) is 53.3 Å². The molecule has 2 aromatic carbocycles. The highest BCUT2D eigenvalue weighted by atomic mass is 32.1. The van der Waals surface area contributed by atoms with Crippen molar-refractivity contribution in [2.24, 2.45) is 0 Å². The van der Waals surface area contributed by atoms with Gasteiger partial charge in [-0.3, -0.25) is 9.59 Å². The summed E-state index contributed by atoms with van der Waals surface area (Å²) < 4.78 is 5.63. The molecular formula is C27H26N2O3S. The lowest BCUT2D eigenvalue weighted by Gasteiger charge is -2.10. The second-order valence-electron chi connectivity index (χ2n) is 8.54. The maximum Gasteiger partial charge on any atom is 0.254 e. The quantitative estimate of drug-likeness (QED) is 0.387. The molecule has 168 valence electrons. The Labute approximate surface area is 196 Å². The summed E-state index contributed by atoms with van der Waals surface area (Å²) in [4.78, 5) is 27.2. The van der Waals surface area contributed by atoms with E-state index in [0.29, 0.717) is 17.1 Å². The van der Waals surface area contributed by atoms with Crippen LogP contribution in [0, 0.1) is 6.92 Å². The third-order valence-electron chi connectivity index (χ3n) is 6.11. The van der Waals surface area contributed by atoms with Gasteiger partial charge in [-0.15, -0.1) is 11.3 Å². The van der Waals surface area contributed by atoms with E-state index in [2.05, 4.69) is 22.8 Å². The fraction of sp³-hybridized carbons (Fsp3) is 0.259. The van der Waals surface area contributed by atoms with Crippen LogP contribution in [-0.4, -0.2) is 18.4 Å². The van der Waals surface area contributed by atoms with Crippen LogP contribution < -0.4 is 10.6 Å². The lowest BCUT2D eigenvalue weighted by molar-refractivity contribution is -0.115. The molecule has 0 bridgehead atoms. The number of amides is 2. The smallest absolute Gasteiger partial charge is 0.254 e. The molecular weight excluding hydrogens is 432 g/mol. The minimum atomic E-state index is -0.142. The van der Waals surface area contributed by atoms with Crippen LogP contribution in [0.5, 0.6) is 0 Å². The molecule has 0 saturated carbocycles. The Bertz CT molecular complexity index is 1320. The van der Waals surface area contributed by atoms with Crippen molar-refractivity contribution in [1.29, 1.82) is 0 Å². The summed E-state index contributed by atoms with van der Waals surface area (Å²) in [5, 5.41) is 7.68. The summed E-state index contributed by atoms with van der Waals surface area (Å²) in [6.45, 7) is 2.57. The van der Waals surface area contributed by atoms with E-state index in [1.807, 2.05) is 43.3 Å². The van der Waals surface area contributed by atoms with E-state index in [1.165, 1.54) is 21.8 Å². The van der Waals surface area contributed by atoms with Gasteiger partial charge in [-0.2, -0.15) is 0 Å². The fourth-order valence-corrected chi connectivity index (χ4v) is 5.76. The molecule has 0 spiro atoms. The van der Waals surface area contributed by atoms with Gasteiger partial charge in [0.05, 0.1) is 18.2 Å². The number of hydrogen-bond donors (Lipinski definition) is 2. The predicted molar refractivity (Wildman–Crippen MR) is 132 cm³/mol. The normalized spacial score (nSPS) is 12.6. The number of carbonyl (C=O) groups is 2. The van der Waals surface area contributed by atoms with Gasteiger partial charge in [-0.1, -0.05) is 42.5 Å².